The van der Waals surface area contributed by atoms with Crippen molar-refractivity contribution < 1.29 is 18.1 Å². The molecule has 8 heteroatoms. The van der Waals surface area contributed by atoms with Gasteiger partial charge >= 0.3 is 45.6 Å². The molecule has 0 unspecified atom stereocenters. The number of hydrogen-bond acceptors (Lipinski definition) is 4. The molecule has 0 aliphatic carbocycles. The van der Waals surface area contributed by atoms with Crippen LogP contribution in [0.4, 0.5) is 0 Å². The predicted molar refractivity (Wildman–Crippen MR) is 51.0 cm³/mol. The van der Waals surface area contributed by atoms with Crippen LogP contribution in [0.5, 0.6) is 0 Å². The van der Waals surface area contributed by atoms with Crippen molar-refractivity contribution in [2.45, 2.75) is 0 Å². The van der Waals surface area contributed by atoms with Crippen molar-refractivity contribution in [3.05, 3.63) is 10.8 Å². The SMILES string of the molecule is COP(=O)(OC)OC=C(Cl)Cl.[CaH2]. The van der Waals surface area contributed by atoms with E-state index < -0.39 is 7.82 Å². The van der Waals surface area contributed by atoms with Crippen molar-refractivity contribution in [3.8, 4) is 0 Å². The molecule has 0 aliphatic heterocycles. The van der Waals surface area contributed by atoms with E-state index in [-0.39, 0.29) is 42.2 Å². The third-order valence-electron chi connectivity index (χ3n) is 0.718. The Kier molecular flexibility index (Phi) is 10.5. The first-order chi connectivity index (χ1) is 5.04. The Balaban J connectivity index is 0. The van der Waals surface area contributed by atoms with Crippen molar-refractivity contribution in [2.24, 2.45) is 0 Å². The van der Waals surface area contributed by atoms with Crippen molar-refractivity contribution in [3.63, 3.8) is 0 Å². The van der Waals surface area contributed by atoms with Crippen LogP contribution in [0.1, 0.15) is 0 Å². The molecule has 0 bridgehead atoms. The van der Waals surface area contributed by atoms with Crippen LogP contribution in [-0.4, -0.2) is 52.0 Å². The van der Waals surface area contributed by atoms with Gasteiger partial charge in [0, 0.05) is 14.2 Å². The van der Waals surface area contributed by atoms with E-state index >= 15 is 0 Å². The molecule has 0 spiro atoms. The van der Waals surface area contributed by atoms with E-state index in [1.54, 1.807) is 0 Å². The molecule has 4 nitrogen and oxygen atoms in total. The zero-order chi connectivity index (χ0) is 8.91. The maximum absolute atomic E-state index is 11.0. The molecule has 0 aromatic carbocycles. The topological polar surface area (TPSA) is 44.8 Å². The molecule has 0 amide bonds. The average Bonchev–Trinajstić information content (AvgIpc) is 2.00. The van der Waals surface area contributed by atoms with Gasteiger partial charge in [0.25, 0.3) is 0 Å². The summed E-state index contributed by atoms with van der Waals surface area (Å²) in [6.07, 6.45) is 0.872. The van der Waals surface area contributed by atoms with Gasteiger partial charge in [-0.2, -0.15) is 0 Å². The van der Waals surface area contributed by atoms with Gasteiger partial charge in [-0.1, -0.05) is 23.2 Å². The van der Waals surface area contributed by atoms with Gasteiger partial charge in [-0.15, -0.1) is 0 Å². The fourth-order valence-electron chi connectivity index (χ4n) is 0.265. The number of rotatable bonds is 4. The van der Waals surface area contributed by atoms with Gasteiger partial charge < -0.3 is 4.52 Å². The molecule has 12 heavy (non-hydrogen) atoms. The molecular formula is C4H9CaCl2O4P. The molecule has 0 fully saturated rings. The molecule has 0 radical (unpaired) electrons. The monoisotopic (exact) mass is 262 g/mol. The summed E-state index contributed by atoms with van der Waals surface area (Å²) in [5, 5.41) is 0. The van der Waals surface area contributed by atoms with Crippen LogP contribution in [0.2, 0.25) is 0 Å². The van der Waals surface area contributed by atoms with E-state index in [9.17, 15) is 4.57 Å². The normalized spacial score (nSPS) is 10.0. The molecule has 0 atom stereocenters. The van der Waals surface area contributed by atoms with Crippen molar-refractivity contribution in [2.75, 3.05) is 14.2 Å². The number of phosphoric ester groups is 1. The number of phosphoric acid groups is 1. The van der Waals surface area contributed by atoms with Crippen LogP contribution in [0, 0.1) is 0 Å². The van der Waals surface area contributed by atoms with E-state index in [4.69, 9.17) is 23.2 Å². The van der Waals surface area contributed by atoms with Crippen LogP contribution in [-0.2, 0) is 18.1 Å². The van der Waals surface area contributed by atoms with Gasteiger partial charge in [0.2, 0.25) is 0 Å². The van der Waals surface area contributed by atoms with Crippen LogP contribution in [0.3, 0.4) is 0 Å². The zero-order valence-corrected chi connectivity index (χ0v) is 8.32. The fraction of sp³-hybridized carbons (Fsp3) is 0.500. The minimum atomic E-state index is -3.48. The second kappa shape index (κ2) is 7.89. The second-order valence-electron chi connectivity index (χ2n) is 1.33. The standard InChI is InChI=1S/C4H7Cl2O4P.Ca.2H/c1-8-11(7,9-2)10-3-4(5)6;;;/h3H,1-2H3;;;. The van der Waals surface area contributed by atoms with E-state index in [1.807, 2.05) is 0 Å². The molecule has 0 N–H and O–H groups in total. The Morgan fingerprint density at radius 2 is 1.75 bits per heavy atom. The van der Waals surface area contributed by atoms with Crippen molar-refractivity contribution in [1.82, 2.24) is 0 Å². The zero-order valence-electron chi connectivity index (χ0n) is 5.91. The number of halogens is 2. The van der Waals surface area contributed by atoms with Gasteiger partial charge in [-0.25, -0.2) is 4.57 Å². The molecule has 0 rings (SSSR count). The summed E-state index contributed by atoms with van der Waals surface area (Å²) in [6, 6.07) is 0. The van der Waals surface area contributed by atoms with Crippen LogP contribution in [0.15, 0.2) is 10.8 Å². The van der Waals surface area contributed by atoms with Crippen molar-refractivity contribution >= 4 is 68.8 Å². The molecule has 0 aliphatic rings. The average molecular weight is 263 g/mol. The molecule has 0 aromatic rings. The predicted octanol–water partition coefficient (Wildman–Crippen LogP) is 1.76. The first kappa shape index (κ1) is 16.0. The molecular weight excluding hydrogens is 254 g/mol. The summed E-state index contributed by atoms with van der Waals surface area (Å²) in [5.41, 5.74) is 0. The van der Waals surface area contributed by atoms with Crippen molar-refractivity contribution in [1.29, 1.82) is 0 Å². The summed E-state index contributed by atoms with van der Waals surface area (Å²) < 4.78 is 24.1. The summed E-state index contributed by atoms with van der Waals surface area (Å²) in [7, 11) is -1.12. The van der Waals surface area contributed by atoms with E-state index in [0.29, 0.717) is 0 Å². The summed E-state index contributed by atoms with van der Waals surface area (Å²) in [5.74, 6) is 0. The molecule has 0 heterocycles. The van der Waals surface area contributed by atoms with Gasteiger partial charge in [0.1, 0.15) is 10.8 Å². The maximum atomic E-state index is 11.0. The third kappa shape index (κ3) is 6.98. The Labute approximate surface area is 111 Å². The van der Waals surface area contributed by atoms with E-state index in [2.05, 4.69) is 13.6 Å². The first-order valence-electron chi connectivity index (χ1n) is 2.45. The van der Waals surface area contributed by atoms with Gasteiger partial charge in [0.15, 0.2) is 0 Å². The Morgan fingerprint density at radius 3 is 2.00 bits per heavy atom. The summed E-state index contributed by atoms with van der Waals surface area (Å²) >= 11 is 10.3. The van der Waals surface area contributed by atoms with Crippen LogP contribution >= 0.6 is 31.0 Å². The molecule has 0 saturated heterocycles. The molecule has 0 saturated carbocycles. The second-order valence-corrected chi connectivity index (χ2v) is 4.17. The van der Waals surface area contributed by atoms with Gasteiger partial charge in [-0.3, -0.25) is 9.05 Å². The molecule has 0 aromatic heterocycles. The Hall–Kier alpha value is 1.53. The first-order valence-corrected chi connectivity index (χ1v) is 4.67. The minimum absolute atomic E-state index is 0. The Morgan fingerprint density at radius 1 is 1.33 bits per heavy atom. The van der Waals surface area contributed by atoms with Crippen LogP contribution < -0.4 is 0 Å². The van der Waals surface area contributed by atoms with Gasteiger partial charge in [-0.05, 0) is 0 Å². The molecule has 70 valence electrons. The summed E-state index contributed by atoms with van der Waals surface area (Å²) in [6.45, 7) is 0. The Bertz CT molecular complexity index is 185. The number of hydrogen-bond donors (Lipinski definition) is 0. The van der Waals surface area contributed by atoms with Crippen LogP contribution in [0.25, 0.3) is 0 Å². The van der Waals surface area contributed by atoms with E-state index in [1.165, 1.54) is 14.2 Å². The fourth-order valence-corrected chi connectivity index (χ4v) is 1.03. The third-order valence-corrected chi connectivity index (χ3v) is 2.15. The van der Waals surface area contributed by atoms with E-state index in [0.717, 1.165) is 6.26 Å². The van der Waals surface area contributed by atoms with Gasteiger partial charge in [0.05, 0.1) is 0 Å². The summed E-state index contributed by atoms with van der Waals surface area (Å²) in [4.78, 5) is 0. The quantitative estimate of drug-likeness (QED) is 0.440.